The minimum absolute atomic E-state index is 0.569. The molecule has 0 amide bonds. The van der Waals surface area contributed by atoms with Crippen LogP contribution in [-0.2, 0) is 19.5 Å². The van der Waals surface area contributed by atoms with Crippen LogP contribution in [0.2, 0.25) is 0 Å². The van der Waals surface area contributed by atoms with E-state index < -0.39 is 0 Å². The van der Waals surface area contributed by atoms with Crippen LogP contribution in [-0.4, -0.2) is 41.6 Å². The molecule has 2 heterocycles. The Labute approximate surface area is 122 Å². The fraction of sp³-hybridized carbons (Fsp3) is 0.647. The zero-order valence-electron chi connectivity index (χ0n) is 12.6. The molecule has 0 radical (unpaired) electrons. The number of likely N-dealkylation sites (tertiary alicyclic amines) is 1. The van der Waals surface area contributed by atoms with Crippen molar-refractivity contribution in [3.05, 3.63) is 28.8 Å². The molecular weight excluding hydrogens is 248 g/mol. The Hall–Kier alpha value is -1.06. The van der Waals surface area contributed by atoms with E-state index in [9.17, 15) is 5.11 Å². The van der Waals surface area contributed by atoms with Gasteiger partial charge in [0.1, 0.15) is 5.75 Å². The van der Waals surface area contributed by atoms with Crippen molar-refractivity contribution < 1.29 is 5.11 Å². The van der Waals surface area contributed by atoms with Crippen LogP contribution in [0.3, 0.4) is 0 Å². The van der Waals surface area contributed by atoms with E-state index in [-0.39, 0.29) is 0 Å². The lowest BCUT2D eigenvalue weighted by atomic mass is 9.96. The first-order valence-corrected chi connectivity index (χ1v) is 7.97. The minimum atomic E-state index is 0.569. The summed E-state index contributed by atoms with van der Waals surface area (Å²) in [5.41, 5.74) is 3.61. The number of hydrogen-bond acceptors (Lipinski definition) is 3. The van der Waals surface area contributed by atoms with Crippen LogP contribution in [0.15, 0.2) is 12.1 Å². The van der Waals surface area contributed by atoms with Gasteiger partial charge in [-0.1, -0.05) is 25.0 Å². The molecule has 20 heavy (non-hydrogen) atoms. The lowest BCUT2D eigenvalue weighted by Gasteiger charge is -2.27. The molecule has 0 atom stereocenters. The lowest BCUT2D eigenvalue weighted by Crippen LogP contribution is -2.27. The van der Waals surface area contributed by atoms with Gasteiger partial charge >= 0.3 is 0 Å². The average Bonchev–Trinajstić information content (AvgIpc) is 2.70. The molecule has 1 saturated heterocycles. The third-order valence-corrected chi connectivity index (χ3v) is 4.74. The van der Waals surface area contributed by atoms with E-state index >= 15 is 0 Å². The molecule has 2 aliphatic heterocycles. The lowest BCUT2D eigenvalue weighted by molar-refractivity contribution is 0.270. The largest absolute Gasteiger partial charge is 0.507 e. The van der Waals surface area contributed by atoms with Gasteiger partial charge in [-0.05, 0) is 50.5 Å². The van der Waals surface area contributed by atoms with Gasteiger partial charge in [-0.15, -0.1) is 0 Å². The van der Waals surface area contributed by atoms with Crippen molar-refractivity contribution in [3.63, 3.8) is 0 Å². The molecule has 3 rings (SSSR count). The van der Waals surface area contributed by atoms with E-state index in [2.05, 4.69) is 29.0 Å². The molecule has 3 nitrogen and oxygen atoms in total. The number of phenolic OH excluding ortho intramolecular Hbond substituents is 1. The van der Waals surface area contributed by atoms with Gasteiger partial charge in [0.25, 0.3) is 0 Å². The highest BCUT2D eigenvalue weighted by Gasteiger charge is 2.19. The van der Waals surface area contributed by atoms with Crippen LogP contribution in [0.25, 0.3) is 0 Å². The first-order valence-electron chi connectivity index (χ1n) is 7.97. The summed E-state index contributed by atoms with van der Waals surface area (Å²) in [7, 11) is 2.14. The second-order valence-electron chi connectivity index (χ2n) is 6.39. The SMILES string of the molecule is CN1CCc2c(ccc(CN3CCCCCC3)c2O)C1. The average molecular weight is 274 g/mol. The molecule has 0 bridgehead atoms. The Balaban J connectivity index is 1.76. The maximum absolute atomic E-state index is 10.6. The molecular formula is C17H26N2O. The van der Waals surface area contributed by atoms with E-state index in [4.69, 9.17) is 0 Å². The van der Waals surface area contributed by atoms with Crippen molar-refractivity contribution in [2.75, 3.05) is 26.7 Å². The van der Waals surface area contributed by atoms with Crippen molar-refractivity contribution in [1.29, 1.82) is 0 Å². The summed E-state index contributed by atoms with van der Waals surface area (Å²) in [6, 6.07) is 4.36. The number of nitrogens with zero attached hydrogens (tertiary/aromatic N) is 2. The second kappa shape index (κ2) is 6.15. The molecule has 3 heteroatoms. The van der Waals surface area contributed by atoms with Crippen LogP contribution in [0.4, 0.5) is 0 Å². The molecule has 1 aromatic carbocycles. The fourth-order valence-corrected chi connectivity index (χ4v) is 3.49. The van der Waals surface area contributed by atoms with Gasteiger partial charge in [0, 0.05) is 25.2 Å². The molecule has 0 saturated carbocycles. The summed E-state index contributed by atoms with van der Waals surface area (Å²) >= 11 is 0. The molecule has 2 aliphatic rings. The summed E-state index contributed by atoms with van der Waals surface area (Å²) in [4.78, 5) is 4.82. The minimum Gasteiger partial charge on any atom is -0.507 e. The maximum atomic E-state index is 10.6. The Kier molecular flexibility index (Phi) is 4.27. The molecule has 1 fully saturated rings. The van der Waals surface area contributed by atoms with Crippen molar-refractivity contribution in [1.82, 2.24) is 9.80 Å². The zero-order valence-corrected chi connectivity index (χ0v) is 12.6. The fourth-order valence-electron chi connectivity index (χ4n) is 3.49. The first kappa shape index (κ1) is 13.9. The summed E-state index contributed by atoms with van der Waals surface area (Å²) in [5.74, 6) is 0.569. The highest BCUT2D eigenvalue weighted by Crippen LogP contribution is 2.31. The van der Waals surface area contributed by atoms with Gasteiger partial charge in [-0.3, -0.25) is 4.90 Å². The smallest absolute Gasteiger partial charge is 0.123 e. The van der Waals surface area contributed by atoms with Gasteiger partial charge in [0.05, 0.1) is 0 Å². The monoisotopic (exact) mass is 274 g/mol. The molecule has 0 unspecified atom stereocenters. The van der Waals surface area contributed by atoms with Crippen LogP contribution in [0.1, 0.15) is 42.4 Å². The first-order chi connectivity index (χ1) is 9.74. The summed E-state index contributed by atoms with van der Waals surface area (Å²) in [6.45, 7) is 5.29. The Morgan fingerprint density at radius 3 is 2.55 bits per heavy atom. The third kappa shape index (κ3) is 2.99. The number of rotatable bonds is 2. The van der Waals surface area contributed by atoms with Gasteiger partial charge in [-0.2, -0.15) is 0 Å². The van der Waals surface area contributed by atoms with Crippen LogP contribution in [0, 0.1) is 0 Å². The number of likely N-dealkylation sites (N-methyl/N-ethyl adjacent to an activating group) is 1. The van der Waals surface area contributed by atoms with Gasteiger partial charge < -0.3 is 10.0 Å². The van der Waals surface area contributed by atoms with E-state index in [1.165, 1.54) is 49.9 Å². The molecule has 0 aromatic heterocycles. The summed E-state index contributed by atoms with van der Waals surface area (Å²) < 4.78 is 0. The number of aromatic hydroxyl groups is 1. The van der Waals surface area contributed by atoms with Crippen molar-refractivity contribution >= 4 is 0 Å². The molecule has 0 spiro atoms. The van der Waals surface area contributed by atoms with E-state index in [0.29, 0.717) is 5.75 Å². The summed E-state index contributed by atoms with van der Waals surface area (Å²) in [6.07, 6.45) is 6.30. The van der Waals surface area contributed by atoms with Crippen LogP contribution >= 0.6 is 0 Å². The standard InChI is InChI=1S/C17H26N2O/c1-18-11-8-16-14(12-18)6-7-15(17(16)20)13-19-9-4-2-3-5-10-19/h6-7,20H,2-5,8-13H2,1H3. The summed E-state index contributed by atoms with van der Waals surface area (Å²) in [5, 5.41) is 10.6. The Morgan fingerprint density at radius 1 is 1.05 bits per heavy atom. The topological polar surface area (TPSA) is 26.7 Å². The van der Waals surface area contributed by atoms with Crippen molar-refractivity contribution in [2.45, 2.75) is 45.2 Å². The van der Waals surface area contributed by atoms with Crippen LogP contribution in [0.5, 0.6) is 5.75 Å². The predicted octanol–water partition coefficient (Wildman–Crippen LogP) is 2.76. The van der Waals surface area contributed by atoms with Gasteiger partial charge in [0.15, 0.2) is 0 Å². The molecule has 110 valence electrons. The second-order valence-corrected chi connectivity index (χ2v) is 6.39. The van der Waals surface area contributed by atoms with Crippen molar-refractivity contribution in [2.24, 2.45) is 0 Å². The van der Waals surface area contributed by atoms with E-state index in [1.807, 2.05) is 0 Å². The van der Waals surface area contributed by atoms with Gasteiger partial charge in [-0.25, -0.2) is 0 Å². The van der Waals surface area contributed by atoms with E-state index in [0.717, 1.165) is 31.6 Å². The highest BCUT2D eigenvalue weighted by atomic mass is 16.3. The quantitative estimate of drug-likeness (QED) is 0.898. The number of phenols is 1. The number of fused-ring (bicyclic) bond motifs is 1. The van der Waals surface area contributed by atoms with Crippen molar-refractivity contribution in [3.8, 4) is 5.75 Å². The molecule has 1 N–H and O–H groups in total. The number of hydrogen-bond donors (Lipinski definition) is 1. The normalized spacial score (nSPS) is 21.4. The van der Waals surface area contributed by atoms with Gasteiger partial charge in [0.2, 0.25) is 0 Å². The molecule has 1 aromatic rings. The van der Waals surface area contributed by atoms with Crippen LogP contribution < -0.4 is 0 Å². The Morgan fingerprint density at radius 2 is 1.80 bits per heavy atom. The zero-order chi connectivity index (χ0) is 13.9. The molecule has 0 aliphatic carbocycles. The third-order valence-electron chi connectivity index (χ3n) is 4.74. The Bertz CT molecular complexity index is 464. The highest BCUT2D eigenvalue weighted by molar-refractivity contribution is 5.46. The predicted molar refractivity (Wildman–Crippen MR) is 81.9 cm³/mol. The number of benzene rings is 1. The van der Waals surface area contributed by atoms with E-state index in [1.54, 1.807) is 0 Å². The maximum Gasteiger partial charge on any atom is 0.123 e.